The van der Waals surface area contributed by atoms with Crippen molar-refractivity contribution in [1.29, 1.82) is 0 Å². The Hall–Kier alpha value is -1.57. The number of aromatic nitrogens is 4. The van der Waals surface area contributed by atoms with Crippen LogP contribution in [0.2, 0.25) is 10.0 Å². The third-order valence-electron chi connectivity index (χ3n) is 2.36. The monoisotopic (exact) mass is 343 g/mol. The zero-order valence-electron chi connectivity index (χ0n) is 10.8. The molecule has 110 valence electrons. The van der Waals surface area contributed by atoms with E-state index in [0.29, 0.717) is 27.4 Å². The van der Waals surface area contributed by atoms with Gasteiger partial charge in [-0.05, 0) is 22.6 Å². The van der Waals surface area contributed by atoms with Gasteiger partial charge in [-0.1, -0.05) is 47.1 Å². The molecule has 2 aromatic rings. The second kappa shape index (κ2) is 7.44. The van der Waals surface area contributed by atoms with Crippen molar-refractivity contribution in [2.75, 3.05) is 11.1 Å². The lowest BCUT2D eigenvalue weighted by atomic mass is 10.3. The minimum absolute atomic E-state index is 0.153. The van der Waals surface area contributed by atoms with Crippen LogP contribution in [0.5, 0.6) is 0 Å². The number of tetrazole rings is 1. The van der Waals surface area contributed by atoms with E-state index in [-0.39, 0.29) is 11.7 Å². The van der Waals surface area contributed by atoms with Gasteiger partial charge in [0.1, 0.15) is 0 Å². The van der Waals surface area contributed by atoms with Crippen molar-refractivity contribution in [2.45, 2.75) is 11.7 Å². The van der Waals surface area contributed by atoms with Crippen molar-refractivity contribution in [2.24, 2.45) is 0 Å². The summed E-state index contributed by atoms with van der Waals surface area (Å²) in [7, 11) is 0. The van der Waals surface area contributed by atoms with E-state index in [1.54, 1.807) is 29.0 Å². The van der Waals surface area contributed by atoms with Gasteiger partial charge in [-0.3, -0.25) is 4.79 Å². The van der Waals surface area contributed by atoms with Crippen LogP contribution >= 0.6 is 35.0 Å². The molecule has 0 aliphatic heterocycles. The maximum atomic E-state index is 11.9. The summed E-state index contributed by atoms with van der Waals surface area (Å²) in [5, 5.41) is 15.1. The Morgan fingerprint density at radius 2 is 2.29 bits per heavy atom. The van der Waals surface area contributed by atoms with E-state index in [1.807, 2.05) is 0 Å². The average molecular weight is 344 g/mol. The Labute approximate surface area is 135 Å². The molecule has 0 spiro atoms. The van der Waals surface area contributed by atoms with Gasteiger partial charge in [0.2, 0.25) is 11.1 Å². The number of nitrogens with one attached hydrogen (secondary N) is 1. The smallest absolute Gasteiger partial charge is 0.234 e. The first kappa shape index (κ1) is 15.8. The van der Waals surface area contributed by atoms with Gasteiger partial charge < -0.3 is 5.32 Å². The Morgan fingerprint density at radius 3 is 3.05 bits per heavy atom. The summed E-state index contributed by atoms with van der Waals surface area (Å²) in [5.41, 5.74) is 0.473. The zero-order valence-corrected chi connectivity index (χ0v) is 13.1. The number of rotatable bonds is 6. The van der Waals surface area contributed by atoms with Gasteiger partial charge in [0.05, 0.1) is 28.0 Å². The van der Waals surface area contributed by atoms with Crippen molar-refractivity contribution >= 4 is 46.6 Å². The maximum absolute atomic E-state index is 11.9. The first-order chi connectivity index (χ1) is 10.1. The number of hydrogen-bond donors (Lipinski definition) is 1. The van der Waals surface area contributed by atoms with Crippen LogP contribution in [0.1, 0.15) is 0 Å². The predicted molar refractivity (Wildman–Crippen MR) is 83.8 cm³/mol. The van der Waals surface area contributed by atoms with Gasteiger partial charge in [-0.15, -0.1) is 11.7 Å². The number of nitrogens with zero attached hydrogens (tertiary/aromatic N) is 4. The molecule has 0 radical (unpaired) electrons. The molecule has 0 saturated carbocycles. The van der Waals surface area contributed by atoms with E-state index < -0.39 is 0 Å². The molecule has 1 amide bonds. The van der Waals surface area contributed by atoms with Crippen molar-refractivity contribution in [3.8, 4) is 0 Å². The number of hydrogen-bond acceptors (Lipinski definition) is 5. The van der Waals surface area contributed by atoms with Crippen LogP contribution in [0.3, 0.4) is 0 Å². The van der Waals surface area contributed by atoms with Crippen LogP contribution in [-0.4, -0.2) is 31.9 Å². The van der Waals surface area contributed by atoms with Crippen LogP contribution in [-0.2, 0) is 11.3 Å². The lowest BCUT2D eigenvalue weighted by Gasteiger charge is -2.07. The van der Waals surface area contributed by atoms with Gasteiger partial charge in [0, 0.05) is 0 Å². The highest BCUT2D eigenvalue weighted by molar-refractivity contribution is 7.99. The van der Waals surface area contributed by atoms with Crippen LogP contribution in [0.15, 0.2) is 36.0 Å². The van der Waals surface area contributed by atoms with Crippen LogP contribution in [0.25, 0.3) is 0 Å². The molecule has 1 N–H and O–H groups in total. The Kier molecular flexibility index (Phi) is 5.60. The fourth-order valence-corrected chi connectivity index (χ4v) is 2.49. The number of carbonyl (C=O) groups excluding carboxylic acids is 1. The number of anilines is 1. The van der Waals surface area contributed by atoms with E-state index in [4.69, 9.17) is 23.2 Å². The number of halogens is 2. The Balaban J connectivity index is 1.94. The highest BCUT2D eigenvalue weighted by atomic mass is 35.5. The van der Waals surface area contributed by atoms with Crippen molar-refractivity contribution in [1.82, 2.24) is 20.2 Å². The third-order valence-corrected chi connectivity index (χ3v) is 4.14. The molecular weight excluding hydrogens is 333 g/mol. The molecule has 21 heavy (non-hydrogen) atoms. The molecule has 0 unspecified atom stereocenters. The van der Waals surface area contributed by atoms with Gasteiger partial charge >= 0.3 is 0 Å². The Morgan fingerprint density at radius 1 is 1.48 bits per heavy atom. The first-order valence-electron chi connectivity index (χ1n) is 5.85. The normalized spacial score (nSPS) is 10.4. The summed E-state index contributed by atoms with van der Waals surface area (Å²) in [6.45, 7) is 4.10. The summed E-state index contributed by atoms with van der Waals surface area (Å²) in [4.78, 5) is 11.9. The lowest BCUT2D eigenvalue weighted by Crippen LogP contribution is -2.15. The maximum Gasteiger partial charge on any atom is 0.234 e. The number of benzene rings is 1. The predicted octanol–water partition coefficient (Wildman–Crippen LogP) is 2.90. The van der Waals surface area contributed by atoms with Gasteiger partial charge in [-0.2, -0.15) is 0 Å². The SMILES string of the molecule is C=CCn1nnnc1SCC(=O)Nc1cccc(Cl)c1Cl. The van der Waals surface area contributed by atoms with E-state index in [2.05, 4.69) is 27.4 Å². The lowest BCUT2D eigenvalue weighted by molar-refractivity contribution is -0.113. The second-order valence-corrected chi connectivity index (χ2v) is 5.60. The largest absolute Gasteiger partial charge is 0.324 e. The molecule has 1 heterocycles. The standard InChI is InChI=1S/C12H11Cl2N5OS/c1-2-6-19-12(16-17-18-19)21-7-10(20)15-9-5-3-4-8(13)11(9)14/h2-5H,1,6-7H2,(H,15,20). The minimum atomic E-state index is -0.225. The highest BCUT2D eigenvalue weighted by Crippen LogP contribution is 2.29. The van der Waals surface area contributed by atoms with Crippen molar-refractivity contribution < 1.29 is 4.79 Å². The molecule has 9 heteroatoms. The molecule has 0 aliphatic rings. The molecule has 0 atom stereocenters. The van der Waals surface area contributed by atoms with E-state index in [0.717, 1.165) is 0 Å². The number of carbonyl (C=O) groups is 1. The van der Waals surface area contributed by atoms with Gasteiger partial charge in [0.15, 0.2) is 0 Å². The molecular formula is C12H11Cl2N5OS. The molecule has 1 aromatic carbocycles. The summed E-state index contributed by atoms with van der Waals surface area (Å²) in [6.07, 6.45) is 1.67. The molecule has 0 saturated heterocycles. The fraction of sp³-hybridized carbons (Fsp3) is 0.167. The summed E-state index contributed by atoms with van der Waals surface area (Å²) in [5.74, 6) is -0.0716. The zero-order chi connectivity index (χ0) is 15.2. The van der Waals surface area contributed by atoms with Gasteiger partial charge in [0.25, 0.3) is 0 Å². The fourth-order valence-electron chi connectivity index (χ4n) is 1.45. The second-order valence-electron chi connectivity index (χ2n) is 3.87. The quantitative estimate of drug-likeness (QED) is 0.644. The number of allylic oxidation sites excluding steroid dienone is 1. The van der Waals surface area contributed by atoms with E-state index in [1.165, 1.54) is 11.8 Å². The molecule has 0 bridgehead atoms. The van der Waals surface area contributed by atoms with Crippen molar-refractivity contribution in [3.63, 3.8) is 0 Å². The average Bonchev–Trinajstić information content (AvgIpc) is 2.90. The minimum Gasteiger partial charge on any atom is -0.324 e. The van der Waals surface area contributed by atoms with E-state index >= 15 is 0 Å². The molecule has 2 rings (SSSR count). The van der Waals surface area contributed by atoms with Crippen LogP contribution in [0, 0.1) is 0 Å². The van der Waals surface area contributed by atoms with Crippen LogP contribution in [0.4, 0.5) is 5.69 Å². The number of amides is 1. The highest BCUT2D eigenvalue weighted by Gasteiger charge is 2.11. The van der Waals surface area contributed by atoms with Crippen LogP contribution < -0.4 is 5.32 Å². The summed E-state index contributed by atoms with van der Waals surface area (Å²) in [6, 6.07) is 5.04. The first-order valence-corrected chi connectivity index (χ1v) is 7.59. The van der Waals surface area contributed by atoms with Gasteiger partial charge in [-0.25, -0.2) is 4.68 Å². The molecule has 1 aromatic heterocycles. The molecule has 6 nitrogen and oxygen atoms in total. The third kappa shape index (κ3) is 4.20. The summed E-state index contributed by atoms with van der Waals surface area (Å²) >= 11 is 13.1. The number of thioether (sulfide) groups is 1. The molecule has 0 fully saturated rings. The molecule has 0 aliphatic carbocycles. The summed E-state index contributed by atoms with van der Waals surface area (Å²) < 4.78 is 1.55. The topological polar surface area (TPSA) is 72.7 Å². The Bertz CT molecular complexity index is 661. The van der Waals surface area contributed by atoms with Crippen molar-refractivity contribution in [3.05, 3.63) is 40.9 Å². The van der Waals surface area contributed by atoms with E-state index in [9.17, 15) is 4.79 Å².